The fourth-order valence-corrected chi connectivity index (χ4v) is 5.41. The van der Waals surface area contributed by atoms with Crippen molar-refractivity contribution in [3.63, 3.8) is 0 Å². The number of imidazole rings is 1. The van der Waals surface area contributed by atoms with Crippen LogP contribution >= 0.6 is 0 Å². The van der Waals surface area contributed by atoms with Crippen LogP contribution in [0.5, 0.6) is 0 Å². The van der Waals surface area contributed by atoms with Crippen LogP contribution in [-0.2, 0) is 0 Å². The first-order chi connectivity index (χ1) is 26.6. The standard InChI is InChI=1S/C39H26N2/c1-4-14-27(15-5-1)37-31-20-10-11-21-32(31)38(28-16-6-2-7-17-28)34-26-30(24-25-33(34)37)41-36-23-13-12-22-35(36)40-39(41)29-18-8-3-9-19-29/h1-26H/i1D,2D,3D,4D,5D,6D,7D,8D,9D,14D,15D,16D,17D,18D,19D. The number of nitrogens with zero attached hydrogens (tertiary/aromatic N) is 2. The molecule has 0 unspecified atom stereocenters. The summed E-state index contributed by atoms with van der Waals surface area (Å²) in [4.78, 5) is 4.74. The zero-order chi connectivity index (χ0) is 40.2. The van der Waals surface area contributed by atoms with Crippen LogP contribution in [0.25, 0.3) is 71.9 Å². The highest BCUT2D eigenvalue weighted by Gasteiger charge is 2.19. The van der Waals surface area contributed by atoms with Crippen LogP contribution in [-0.4, -0.2) is 9.55 Å². The summed E-state index contributed by atoms with van der Waals surface area (Å²) in [6.07, 6.45) is 0. The molecule has 0 aliphatic carbocycles. The Morgan fingerprint density at radius 2 is 1.00 bits per heavy atom. The van der Waals surface area contributed by atoms with Crippen molar-refractivity contribution in [2.24, 2.45) is 0 Å². The lowest BCUT2D eigenvalue weighted by molar-refractivity contribution is 1.11. The molecule has 0 aliphatic rings. The number of hydrogen-bond donors (Lipinski definition) is 0. The van der Waals surface area contributed by atoms with Gasteiger partial charge in [-0.1, -0.05) is 133 Å². The molecule has 0 fully saturated rings. The van der Waals surface area contributed by atoms with Crippen molar-refractivity contribution < 1.29 is 20.6 Å². The average molecular weight is 538 g/mol. The molecule has 192 valence electrons. The molecule has 8 aromatic rings. The van der Waals surface area contributed by atoms with Crippen molar-refractivity contribution in [2.75, 3.05) is 0 Å². The van der Waals surface area contributed by atoms with Crippen molar-refractivity contribution in [2.45, 2.75) is 0 Å². The summed E-state index contributed by atoms with van der Waals surface area (Å²) in [6, 6.07) is 10.5. The Labute approximate surface area is 259 Å². The van der Waals surface area contributed by atoms with Crippen LogP contribution in [0.2, 0.25) is 0 Å². The molecule has 0 spiro atoms. The molecule has 1 heterocycles. The summed E-state index contributed by atoms with van der Waals surface area (Å²) in [5.41, 5.74) is 1.30. The number of aromatic nitrogens is 2. The van der Waals surface area contributed by atoms with Crippen LogP contribution in [0.3, 0.4) is 0 Å². The number of benzene rings is 7. The van der Waals surface area contributed by atoms with E-state index in [1.165, 1.54) is 0 Å². The van der Waals surface area contributed by atoms with Gasteiger partial charge in [-0.15, -0.1) is 0 Å². The quantitative estimate of drug-likeness (QED) is 0.204. The van der Waals surface area contributed by atoms with E-state index in [0.717, 1.165) is 0 Å². The van der Waals surface area contributed by atoms with Gasteiger partial charge in [0.05, 0.1) is 31.6 Å². The highest BCUT2D eigenvalue weighted by Crippen LogP contribution is 2.44. The van der Waals surface area contributed by atoms with Gasteiger partial charge in [-0.2, -0.15) is 0 Å². The van der Waals surface area contributed by atoms with Crippen molar-refractivity contribution in [1.29, 1.82) is 0 Å². The van der Waals surface area contributed by atoms with Gasteiger partial charge in [-0.05, 0) is 68.1 Å². The van der Waals surface area contributed by atoms with Gasteiger partial charge < -0.3 is 0 Å². The van der Waals surface area contributed by atoms with Crippen molar-refractivity contribution in [1.82, 2.24) is 9.55 Å². The second-order valence-electron chi connectivity index (χ2n) is 9.29. The maximum atomic E-state index is 9.03. The number of para-hydroxylation sites is 2. The van der Waals surface area contributed by atoms with Crippen LogP contribution in [0.4, 0.5) is 0 Å². The topological polar surface area (TPSA) is 17.8 Å². The fourth-order valence-electron chi connectivity index (χ4n) is 5.41. The molecule has 0 radical (unpaired) electrons. The molecule has 0 N–H and O–H groups in total. The molecular weight excluding hydrogens is 496 g/mol. The second-order valence-corrected chi connectivity index (χ2v) is 9.29. The summed E-state index contributed by atoms with van der Waals surface area (Å²) >= 11 is 0. The lowest BCUT2D eigenvalue weighted by Crippen LogP contribution is -1.99. The average Bonchev–Trinajstić information content (AvgIpc) is 3.58. The van der Waals surface area contributed by atoms with Crippen molar-refractivity contribution >= 4 is 32.6 Å². The van der Waals surface area contributed by atoms with Crippen molar-refractivity contribution in [3.05, 3.63) is 157 Å². The molecule has 0 bridgehead atoms. The lowest BCUT2D eigenvalue weighted by atomic mass is 9.86. The van der Waals surface area contributed by atoms with Crippen molar-refractivity contribution in [3.8, 4) is 39.3 Å². The Balaban J connectivity index is 1.61. The third-order valence-corrected chi connectivity index (χ3v) is 7.05. The number of fused-ring (bicyclic) bond motifs is 3. The second kappa shape index (κ2) is 9.62. The molecule has 0 aliphatic heterocycles. The van der Waals surface area contributed by atoms with Gasteiger partial charge in [0.1, 0.15) is 5.82 Å². The zero-order valence-corrected chi connectivity index (χ0v) is 21.2. The monoisotopic (exact) mass is 537 g/mol. The van der Waals surface area contributed by atoms with E-state index < -0.39 is 90.6 Å². The summed E-state index contributed by atoms with van der Waals surface area (Å²) in [5.74, 6) is 0.0125. The van der Waals surface area contributed by atoms with Crippen LogP contribution < -0.4 is 0 Å². The Morgan fingerprint density at radius 3 is 1.63 bits per heavy atom. The van der Waals surface area contributed by atoms with E-state index in [4.69, 9.17) is 25.5 Å². The minimum absolute atomic E-state index is 0.0125. The van der Waals surface area contributed by atoms with E-state index in [0.29, 0.717) is 32.9 Å². The van der Waals surface area contributed by atoms with Gasteiger partial charge in [0.25, 0.3) is 0 Å². The molecule has 7 aromatic carbocycles. The molecule has 1 aromatic heterocycles. The molecule has 0 saturated carbocycles. The van der Waals surface area contributed by atoms with Crippen LogP contribution in [0.1, 0.15) is 20.6 Å². The third kappa shape index (κ3) is 3.84. The summed E-state index contributed by atoms with van der Waals surface area (Å²) < 4.78 is 131. The van der Waals surface area contributed by atoms with Gasteiger partial charge in [-0.3, -0.25) is 4.57 Å². The smallest absolute Gasteiger partial charge is 0.145 e. The van der Waals surface area contributed by atoms with E-state index in [9.17, 15) is 0 Å². The first-order valence-corrected chi connectivity index (χ1v) is 12.8. The number of rotatable bonds is 4. The van der Waals surface area contributed by atoms with E-state index >= 15 is 0 Å². The van der Waals surface area contributed by atoms with E-state index in [-0.39, 0.29) is 39.0 Å². The molecule has 2 heteroatoms. The maximum absolute atomic E-state index is 9.03. The predicted octanol–water partition coefficient (Wildman–Crippen LogP) is 10.3. The molecule has 0 saturated heterocycles. The molecule has 2 nitrogen and oxygen atoms in total. The zero-order valence-electron chi connectivity index (χ0n) is 36.2. The Bertz CT molecular complexity index is 2960. The minimum Gasteiger partial charge on any atom is -0.292 e. The molecule has 0 amide bonds. The first-order valence-electron chi connectivity index (χ1n) is 20.3. The maximum Gasteiger partial charge on any atom is 0.145 e. The summed E-state index contributed by atoms with van der Waals surface area (Å²) in [7, 11) is 0. The van der Waals surface area contributed by atoms with Gasteiger partial charge in [-0.25, -0.2) is 4.98 Å². The SMILES string of the molecule is [2H]c1c([2H])c([2H])c(-c2c3ccccc3c(-c3c([2H])c([2H])c([2H])c([2H])c3[2H])c3cc(-n4c(-c5c([2H])c([2H])c([2H])c([2H])c5[2H])nc5ccccc54)ccc23)c([2H])c1[2H]. The lowest BCUT2D eigenvalue weighted by Gasteiger charge is -2.19. The van der Waals surface area contributed by atoms with Crippen LogP contribution in [0, 0.1) is 0 Å². The van der Waals surface area contributed by atoms with Gasteiger partial charge in [0.15, 0.2) is 0 Å². The van der Waals surface area contributed by atoms with Gasteiger partial charge in [0, 0.05) is 11.3 Å². The summed E-state index contributed by atoms with van der Waals surface area (Å²) in [5, 5.41) is 1.34. The van der Waals surface area contributed by atoms with Gasteiger partial charge >= 0.3 is 0 Å². The molecular formula is C39H26N2. The number of hydrogen-bond acceptors (Lipinski definition) is 1. The molecule has 41 heavy (non-hydrogen) atoms. The van der Waals surface area contributed by atoms with E-state index in [1.807, 2.05) is 0 Å². The van der Waals surface area contributed by atoms with Crippen LogP contribution in [0.15, 0.2) is 157 Å². The first kappa shape index (κ1) is 12.8. The fraction of sp³-hybridized carbons (Fsp3) is 0. The Kier molecular flexibility index (Phi) is 3.00. The van der Waals surface area contributed by atoms with E-state index in [1.54, 1.807) is 71.3 Å². The summed E-state index contributed by atoms with van der Waals surface area (Å²) in [6.45, 7) is 0. The third-order valence-electron chi connectivity index (χ3n) is 7.05. The molecule has 0 atom stereocenters. The predicted molar refractivity (Wildman–Crippen MR) is 172 cm³/mol. The molecule has 8 rings (SSSR count). The largest absolute Gasteiger partial charge is 0.292 e. The highest BCUT2D eigenvalue weighted by molar-refractivity contribution is 6.21. The normalized spacial score (nSPS) is 16.5. The van der Waals surface area contributed by atoms with Gasteiger partial charge in [0.2, 0.25) is 0 Å². The minimum atomic E-state index is -0.595. The Hall–Kier alpha value is -5.47. The van der Waals surface area contributed by atoms with E-state index in [2.05, 4.69) is 0 Å². The Morgan fingerprint density at radius 1 is 0.488 bits per heavy atom. The highest BCUT2D eigenvalue weighted by atomic mass is 15.1.